The van der Waals surface area contributed by atoms with Gasteiger partial charge in [0.2, 0.25) is 0 Å². The van der Waals surface area contributed by atoms with E-state index in [4.69, 9.17) is 10.2 Å². The fourth-order valence-electron chi connectivity index (χ4n) is 1.43. The minimum absolute atomic E-state index is 0.0579. The van der Waals surface area contributed by atoms with Gasteiger partial charge in [0.25, 0.3) is 0 Å². The molecule has 0 saturated heterocycles. The molecule has 2 N–H and O–H groups in total. The van der Waals surface area contributed by atoms with Crippen LogP contribution < -0.4 is 0 Å². The number of benzene rings is 2. The van der Waals surface area contributed by atoms with Crippen molar-refractivity contribution in [2.75, 3.05) is 0 Å². The highest BCUT2D eigenvalue weighted by molar-refractivity contribution is 9.10. The lowest BCUT2D eigenvalue weighted by Gasteiger charge is -2.03. The van der Waals surface area contributed by atoms with E-state index >= 15 is 0 Å². The molecule has 2 nitrogen and oxygen atoms in total. The van der Waals surface area contributed by atoms with Crippen LogP contribution in [0.1, 0.15) is 12.5 Å². The minimum atomic E-state index is -0.449. The molecule has 0 atom stereocenters. The number of hydrogen-bond acceptors (Lipinski definition) is 2. The Morgan fingerprint density at radius 2 is 1.50 bits per heavy atom. The summed E-state index contributed by atoms with van der Waals surface area (Å²) in [5.41, 5.74) is 0.730. The topological polar surface area (TPSA) is 40.5 Å². The van der Waals surface area contributed by atoms with E-state index in [0.717, 1.165) is 0 Å². The SMILES string of the molecule is C=C(C)c1c(O)cccc1F.Oc1cccc(F)c1Br. The fraction of sp³-hybridized carbons (Fsp3) is 0.0667. The van der Waals surface area contributed by atoms with Crippen LogP contribution in [0.5, 0.6) is 11.5 Å². The molecule has 106 valence electrons. The van der Waals surface area contributed by atoms with E-state index < -0.39 is 11.6 Å². The molecule has 0 amide bonds. The Bertz CT molecular complexity index is 587. The summed E-state index contributed by atoms with van der Waals surface area (Å²) in [5, 5.41) is 18.0. The second-order valence-electron chi connectivity index (χ2n) is 3.99. The molecule has 5 heteroatoms. The zero-order valence-electron chi connectivity index (χ0n) is 10.7. The van der Waals surface area contributed by atoms with Crippen molar-refractivity contribution in [2.24, 2.45) is 0 Å². The predicted molar refractivity (Wildman–Crippen MR) is 78.5 cm³/mol. The van der Waals surface area contributed by atoms with Gasteiger partial charge in [-0.2, -0.15) is 0 Å². The molecule has 0 heterocycles. The monoisotopic (exact) mass is 342 g/mol. The Morgan fingerprint density at radius 1 is 1.00 bits per heavy atom. The maximum atomic E-state index is 12.9. The first-order chi connectivity index (χ1) is 9.34. The molecular formula is C15H13BrF2O2. The van der Waals surface area contributed by atoms with Crippen molar-refractivity contribution in [1.29, 1.82) is 0 Å². The Balaban J connectivity index is 0.000000204. The fourth-order valence-corrected chi connectivity index (χ4v) is 1.69. The van der Waals surface area contributed by atoms with Gasteiger partial charge in [0, 0.05) is 0 Å². The number of hydrogen-bond donors (Lipinski definition) is 2. The van der Waals surface area contributed by atoms with E-state index in [-0.39, 0.29) is 21.5 Å². The lowest BCUT2D eigenvalue weighted by Crippen LogP contribution is -1.85. The van der Waals surface area contributed by atoms with Crippen molar-refractivity contribution in [3.05, 3.63) is 64.6 Å². The second kappa shape index (κ2) is 7.05. The van der Waals surface area contributed by atoms with Crippen LogP contribution >= 0.6 is 15.9 Å². The van der Waals surface area contributed by atoms with E-state index in [0.29, 0.717) is 5.57 Å². The molecule has 0 radical (unpaired) electrons. The first-order valence-corrected chi connectivity index (χ1v) is 6.40. The van der Waals surface area contributed by atoms with Crippen LogP contribution in [0, 0.1) is 11.6 Å². The van der Waals surface area contributed by atoms with Gasteiger partial charge in [-0.3, -0.25) is 0 Å². The average Bonchev–Trinajstić information content (AvgIpc) is 2.36. The second-order valence-corrected chi connectivity index (χ2v) is 4.78. The minimum Gasteiger partial charge on any atom is -0.507 e. The normalized spacial score (nSPS) is 9.60. The van der Waals surface area contributed by atoms with Crippen LogP contribution in [0.2, 0.25) is 0 Å². The Kier molecular flexibility index (Phi) is 5.70. The summed E-state index contributed by atoms with van der Waals surface area (Å²) in [4.78, 5) is 0. The van der Waals surface area contributed by atoms with Crippen LogP contribution in [0.4, 0.5) is 8.78 Å². The summed E-state index contributed by atoms with van der Waals surface area (Å²) in [6, 6.07) is 8.31. The summed E-state index contributed by atoms with van der Waals surface area (Å²) in [6.45, 7) is 5.20. The number of phenols is 2. The van der Waals surface area contributed by atoms with Crippen LogP contribution in [0.3, 0.4) is 0 Å². The molecule has 20 heavy (non-hydrogen) atoms. The Labute approximate surface area is 124 Å². The third-order valence-corrected chi connectivity index (χ3v) is 3.13. The van der Waals surface area contributed by atoms with Crippen LogP contribution in [0.25, 0.3) is 5.57 Å². The summed E-state index contributed by atoms with van der Waals surface area (Å²) in [7, 11) is 0. The van der Waals surface area contributed by atoms with E-state index in [9.17, 15) is 8.78 Å². The van der Waals surface area contributed by atoms with Gasteiger partial charge in [0.05, 0.1) is 10.0 Å². The zero-order valence-corrected chi connectivity index (χ0v) is 12.3. The van der Waals surface area contributed by atoms with E-state index in [1.54, 1.807) is 6.92 Å². The van der Waals surface area contributed by atoms with Crippen molar-refractivity contribution < 1.29 is 19.0 Å². The Morgan fingerprint density at radius 3 is 1.85 bits per heavy atom. The smallest absolute Gasteiger partial charge is 0.141 e. The van der Waals surface area contributed by atoms with Crippen molar-refractivity contribution in [3.63, 3.8) is 0 Å². The van der Waals surface area contributed by atoms with E-state index in [1.807, 2.05) is 0 Å². The molecule has 0 fully saturated rings. The van der Waals surface area contributed by atoms with Gasteiger partial charge in [0.15, 0.2) is 0 Å². The van der Waals surface area contributed by atoms with Crippen LogP contribution in [-0.4, -0.2) is 10.2 Å². The van der Waals surface area contributed by atoms with Gasteiger partial charge in [-0.1, -0.05) is 18.7 Å². The average molecular weight is 343 g/mol. The molecule has 2 aromatic rings. The summed E-state index contributed by atoms with van der Waals surface area (Å²) >= 11 is 2.85. The third-order valence-electron chi connectivity index (χ3n) is 2.35. The quantitative estimate of drug-likeness (QED) is 0.776. The maximum Gasteiger partial charge on any atom is 0.141 e. The van der Waals surface area contributed by atoms with E-state index in [1.165, 1.54) is 36.4 Å². The molecule has 0 saturated carbocycles. The summed E-state index contributed by atoms with van der Waals surface area (Å²) in [6.07, 6.45) is 0. The highest BCUT2D eigenvalue weighted by Crippen LogP contribution is 2.26. The van der Waals surface area contributed by atoms with Crippen molar-refractivity contribution in [3.8, 4) is 11.5 Å². The molecule has 0 aliphatic carbocycles. The molecule has 0 aliphatic rings. The molecule has 0 aromatic heterocycles. The maximum absolute atomic E-state index is 12.9. The van der Waals surface area contributed by atoms with Gasteiger partial charge in [0.1, 0.15) is 23.1 Å². The largest absolute Gasteiger partial charge is 0.507 e. The van der Waals surface area contributed by atoms with Gasteiger partial charge >= 0.3 is 0 Å². The molecule has 0 spiro atoms. The molecule has 2 aromatic carbocycles. The number of phenolic OH excluding ortho intramolecular Hbond substituents is 2. The first-order valence-electron chi connectivity index (χ1n) is 5.61. The number of halogens is 3. The lowest BCUT2D eigenvalue weighted by atomic mass is 10.1. The van der Waals surface area contributed by atoms with Crippen molar-refractivity contribution in [2.45, 2.75) is 6.92 Å². The first kappa shape index (κ1) is 16.2. The molecule has 2 rings (SSSR count). The molecule has 0 bridgehead atoms. The van der Waals surface area contributed by atoms with E-state index in [2.05, 4.69) is 22.5 Å². The molecule has 0 unspecified atom stereocenters. The number of rotatable bonds is 1. The highest BCUT2D eigenvalue weighted by Gasteiger charge is 2.06. The van der Waals surface area contributed by atoms with Crippen molar-refractivity contribution >= 4 is 21.5 Å². The third kappa shape index (κ3) is 4.06. The standard InChI is InChI=1S/C9H9FO.C6H4BrFO/c1-6(2)9-7(10)4-3-5-8(9)11;7-6-4(8)2-1-3-5(6)9/h3-5,11H,1H2,2H3;1-3,9H. The van der Waals surface area contributed by atoms with Gasteiger partial charge in [-0.05, 0) is 52.7 Å². The number of aromatic hydroxyl groups is 2. The zero-order chi connectivity index (χ0) is 15.3. The predicted octanol–water partition coefficient (Wildman–Crippen LogP) is 4.86. The van der Waals surface area contributed by atoms with Crippen molar-refractivity contribution in [1.82, 2.24) is 0 Å². The molecule has 0 aliphatic heterocycles. The van der Waals surface area contributed by atoms with Gasteiger partial charge in [-0.25, -0.2) is 8.78 Å². The summed E-state index contributed by atoms with van der Waals surface area (Å²) in [5.74, 6) is -1.01. The van der Waals surface area contributed by atoms with Gasteiger partial charge < -0.3 is 10.2 Å². The number of allylic oxidation sites excluding steroid dienone is 1. The Hall–Kier alpha value is -1.88. The van der Waals surface area contributed by atoms with Crippen LogP contribution in [0.15, 0.2) is 47.4 Å². The van der Waals surface area contributed by atoms with Gasteiger partial charge in [-0.15, -0.1) is 0 Å². The highest BCUT2D eigenvalue weighted by atomic mass is 79.9. The molecular weight excluding hydrogens is 330 g/mol. The summed E-state index contributed by atoms with van der Waals surface area (Å²) < 4.78 is 25.4. The van der Waals surface area contributed by atoms with Crippen LogP contribution in [-0.2, 0) is 0 Å². The lowest BCUT2D eigenvalue weighted by molar-refractivity contribution is 0.464.